The number of hydrogen-bond acceptors (Lipinski definition) is 2. The summed E-state index contributed by atoms with van der Waals surface area (Å²) in [5.74, 6) is -0.950. The Morgan fingerprint density at radius 2 is 2.06 bits per heavy atom. The van der Waals surface area contributed by atoms with Crippen molar-refractivity contribution in [2.24, 2.45) is 0 Å². The predicted octanol–water partition coefficient (Wildman–Crippen LogP) is 3.26. The molecule has 0 aliphatic carbocycles. The largest absolute Gasteiger partial charge is 0.481 e. The number of aliphatic carboxylic acids is 1. The fraction of sp³-hybridized carbons (Fsp3) is 0.231. The van der Waals surface area contributed by atoms with E-state index < -0.39 is 5.97 Å². The van der Waals surface area contributed by atoms with E-state index in [1.54, 1.807) is 18.3 Å². The normalized spacial score (nSPS) is 10.7. The van der Waals surface area contributed by atoms with Crippen LogP contribution in [0.4, 0.5) is 0 Å². The van der Waals surface area contributed by atoms with Gasteiger partial charge in [-0.25, -0.2) is 0 Å². The van der Waals surface area contributed by atoms with Crippen molar-refractivity contribution in [3.63, 3.8) is 0 Å². The van der Waals surface area contributed by atoms with Gasteiger partial charge in [0.25, 0.3) is 0 Å². The summed E-state index contributed by atoms with van der Waals surface area (Å²) in [6.45, 7) is 0. The second kappa shape index (κ2) is 5.23. The van der Waals surface area contributed by atoms with E-state index in [0.717, 1.165) is 10.9 Å². The van der Waals surface area contributed by atoms with Gasteiger partial charge in [0.15, 0.2) is 5.78 Å². The van der Waals surface area contributed by atoms with Crippen LogP contribution in [0.3, 0.4) is 0 Å². The van der Waals surface area contributed by atoms with Crippen LogP contribution < -0.4 is 0 Å². The van der Waals surface area contributed by atoms with Gasteiger partial charge in [0.2, 0.25) is 0 Å². The summed E-state index contributed by atoms with van der Waals surface area (Å²) in [6.07, 6.45) is 2.21. The molecular formula is C13H12ClNO3. The van der Waals surface area contributed by atoms with Gasteiger partial charge < -0.3 is 10.1 Å². The lowest BCUT2D eigenvalue weighted by Gasteiger charge is -1.98. The van der Waals surface area contributed by atoms with Crippen molar-refractivity contribution in [3.05, 3.63) is 35.0 Å². The average molecular weight is 266 g/mol. The SMILES string of the molecule is O=C(O)CCCC(=O)c1c[nH]c2c(Cl)cccc12. The first-order valence-corrected chi connectivity index (χ1v) is 5.98. The molecule has 0 aliphatic heterocycles. The Bertz CT molecular complexity index is 603. The van der Waals surface area contributed by atoms with Gasteiger partial charge in [-0.1, -0.05) is 23.7 Å². The van der Waals surface area contributed by atoms with Crippen LogP contribution in [0, 0.1) is 0 Å². The second-order valence-electron chi connectivity index (χ2n) is 4.04. The van der Waals surface area contributed by atoms with Gasteiger partial charge in [0.05, 0.1) is 10.5 Å². The topological polar surface area (TPSA) is 70.2 Å². The third-order valence-electron chi connectivity index (χ3n) is 2.76. The number of hydrogen-bond donors (Lipinski definition) is 2. The lowest BCUT2D eigenvalue weighted by Crippen LogP contribution is -2.01. The van der Waals surface area contributed by atoms with Crippen LogP contribution in [0.25, 0.3) is 10.9 Å². The molecular weight excluding hydrogens is 254 g/mol. The number of carboxylic acid groups (broad SMARTS) is 1. The summed E-state index contributed by atoms with van der Waals surface area (Å²) in [5, 5.41) is 9.88. The van der Waals surface area contributed by atoms with Crippen molar-refractivity contribution in [1.29, 1.82) is 0 Å². The summed E-state index contributed by atoms with van der Waals surface area (Å²) >= 11 is 6.00. The van der Waals surface area contributed by atoms with Crippen molar-refractivity contribution < 1.29 is 14.7 Å². The zero-order chi connectivity index (χ0) is 13.1. The minimum atomic E-state index is -0.884. The fourth-order valence-electron chi connectivity index (χ4n) is 1.88. The Morgan fingerprint density at radius 1 is 1.28 bits per heavy atom. The van der Waals surface area contributed by atoms with Crippen LogP contribution in [-0.2, 0) is 4.79 Å². The number of H-pyrrole nitrogens is 1. The van der Waals surface area contributed by atoms with E-state index >= 15 is 0 Å². The molecule has 4 nitrogen and oxygen atoms in total. The number of aromatic nitrogens is 1. The lowest BCUT2D eigenvalue weighted by atomic mass is 10.0. The second-order valence-corrected chi connectivity index (χ2v) is 4.44. The van der Waals surface area contributed by atoms with Crippen molar-refractivity contribution in [2.45, 2.75) is 19.3 Å². The first-order chi connectivity index (χ1) is 8.59. The molecule has 0 radical (unpaired) electrons. The highest BCUT2D eigenvalue weighted by atomic mass is 35.5. The molecule has 1 heterocycles. The van der Waals surface area contributed by atoms with Crippen molar-refractivity contribution in [2.75, 3.05) is 0 Å². The Kier molecular flexibility index (Phi) is 3.67. The van der Waals surface area contributed by atoms with Gasteiger partial charge >= 0.3 is 5.97 Å². The van der Waals surface area contributed by atoms with E-state index in [4.69, 9.17) is 16.7 Å². The lowest BCUT2D eigenvalue weighted by molar-refractivity contribution is -0.137. The molecule has 2 N–H and O–H groups in total. The number of Topliss-reactive ketones (excluding diaryl/α,β-unsaturated/α-hetero) is 1. The number of para-hydroxylation sites is 1. The summed E-state index contributed by atoms with van der Waals surface area (Å²) in [5.41, 5.74) is 1.30. The molecule has 0 atom stereocenters. The van der Waals surface area contributed by atoms with Crippen molar-refractivity contribution in [3.8, 4) is 0 Å². The van der Waals surface area contributed by atoms with E-state index in [0.29, 0.717) is 17.0 Å². The van der Waals surface area contributed by atoms with Crippen LogP contribution >= 0.6 is 11.6 Å². The summed E-state index contributed by atoms with van der Waals surface area (Å²) in [6, 6.07) is 5.35. The van der Waals surface area contributed by atoms with Gasteiger partial charge in [-0.05, 0) is 12.5 Å². The van der Waals surface area contributed by atoms with Gasteiger partial charge in [-0.3, -0.25) is 9.59 Å². The summed E-state index contributed by atoms with van der Waals surface area (Å²) < 4.78 is 0. The molecule has 0 amide bonds. The van der Waals surface area contributed by atoms with E-state index in [9.17, 15) is 9.59 Å². The first-order valence-electron chi connectivity index (χ1n) is 5.60. The maximum Gasteiger partial charge on any atom is 0.303 e. The molecule has 5 heteroatoms. The smallest absolute Gasteiger partial charge is 0.303 e. The molecule has 0 fully saturated rings. The molecule has 1 aromatic heterocycles. The molecule has 94 valence electrons. The zero-order valence-electron chi connectivity index (χ0n) is 9.57. The molecule has 1 aromatic carbocycles. The molecule has 2 rings (SSSR count). The van der Waals surface area contributed by atoms with E-state index in [2.05, 4.69) is 4.98 Å². The molecule has 0 spiro atoms. The fourth-order valence-corrected chi connectivity index (χ4v) is 2.11. The van der Waals surface area contributed by atoms with Gasteiger partial charge in [0, 0.05) is 30.0 Å². The van der Waals surface area contributed by atoms with E-state index in [1.165, 1.54) is 0 Å². The number of nitrogens with one attached hydrogen (secondary N) is 1. The average Bonchev–Trinajstić information content (AvgIpc) is 2.73. The molecule has 18 heavy (non-hydrogen) atoms. The van der Waals surface area contributed by atoms with Gasteiger partial charge in [0.1, 0.15) is 0 Å². The molecule has 0 unspecified atom stereocenters. The van der Waals surface area contributed by atoms with Crippen LogP contribution in [0.15, 0.2) is 24.4 Å². The number of ketones is 1. The Balaban J connectivity index is 2.18. The number of fused-ring (bicyclic) bond motifs is 1. The monoisotopic (exact) mass is 265 g/mol. The number of carbonyl (C=O) groups is 2. The third-order valence-corrected chi connectivity index (χ3v) is 3.07. The van der Waals surface area contributed by atoms with Crippen LogP contribution in [-0.4, -0.2) is 21.8 Å². The molecule has 0 saturated heterocycles. The van der Waals surface area contributed by atoms with E-state index in [1.807, 2.05) is 6.07 Å². The number of halogens is 1. The number of carboxylic acids is 1. The molecule has 0 bridgehead atoms. The number of carbonyl (C=O) groups excluding carboxylic acids is 1. The quantitative estimate of drug-likeness (QED) is 0.815. The molecule has 2 aromatic rings. The molecule has 0 saturated carbocycles. The van der Waals surface area contributed by atoms with Gasteiger partial charge in [-0.15, -0.1) is 0 Å². The minimum Gasteiger partial charge on any atom is -0.481 e. The summed E-state index contributed by atoms with van der Waals surface area (Å²) in [7, 11) is 0. The number of aromatic amines is 1. The van der Waals surface area contributed by atoms with Crippen LogP contribution in [0.2, 0.25) is 5.02 Å². The summed E-state index contributed by atoms with van der Waals surface area (Å²) in [4.78, 5) is 25.3. The highest BCUT2D eigenvalue weighted by Gasteiger charge is 2.13. The Hall–Kier alpha value is -1.81. The standard InChI is InChI=1S/C13H12ClNO3/c14-10-4-1-3-8-9(7-15-13(8)10)11(16)5-2-6-12(17)18/h1,3-4,7,15H,2,5-6H2,(H,17,18). The Morgan fingerprint density at radius 3 is 2.78 bits per heavy atom. The van der Waals surface area contributed by atoms with Crippen LogP contribution in [0.1, 0.15) is 29.6 Å². The highest BCUT2D eigenvalue weighted by molar-refractivity contribution is 6.35. The zero-order valence-corrected chi connectivity index (χ0v) is 10.3. The van der Waals surface area contributed by atoms with Crippen molar-refractivity contribution >= 4 is 34.3 Å². The Labute approximate surface area is 109 Å². The third kappa shape index (κ3) is 2.54. The van der Waals surface area contributed by atoms with E-state index in [-0.39, 0.29) is 18.6 Å². The predicted molar refractivity (Wildman–Crippen MR) is 69.1 cm³/mol. The maximum absolute atomic E-state index is 12.0. The highest BCUT2D eigenvalue weighted by Crippen LogP contribution is 2.26. The minimum absolute atomic E-state index is 0.00878. The number of rotatable bonds is 5. The van der Waals surface area contributed by atoms with Crippen molar-refractivity contribution in [1.82, 2.24) is 4.98 Å². The van der Waals surface area contributed by atoms with Gasteiger partial charge in [-0.2, -0.15) is 0 Å². The van der Waals surface area contributed by atoms with Crippen LogP contribution in [0.5, 0.6) is 0 Å². The molecule has 0 aliphatic rings. The first kappa shape index (κ1) is 12.6. The maximum atomic E-state index is 12.0. The number of benzene rings is 1.